The topological polar surface area (TPSA) is 68.0 Å². The Bertz CT molecular complexity index is 582. The van der Waals surface area contributed by atoms with E-state index in [0.717, 1.165) is 10.6 Å². The molecule has 2 rings (SSSR count). The summed E-state index contributed by atoms with van der Waals surface area (Å²) < 4.78 is 0. The second kappa shape index (κ2) is 5.37. The molecule has 0 saturated carbocycles. The highest BCUT2D eigenvalue weighted by Crippen LogP contribution is 2.18. The Morgan fingerprint density at radius 3 is 2.94 bits per heavy atom. The Hall–Kier alpha value is -1.59. The van der Waals surface area contributed by atoms with Gasteiger partial charge in [0.15, 0.2) is 0 Å². The average Bonchev–Trinajstić information content (AvgIpc) is 2.72. The molecule has 0 radical (unpaired) electrons. The van der Waals surface area contributed by atoms with E-state index in [1.165, 1.54) is 11.3 Å². The first kappa shape index (κ1) is 12.9. The van der Waals surface area contributed by atoms with Crippen LogP contribution < -0.4 is 11.1 Å². The maximum absolute atomic E-state index is 11.9. The molecule has 6 heteroatoms. The molecular formula is C12H12ClN3OS. The van der Waals surface area contributed by atoms with Crippen LogP contribution in [-0.4, -0.2) is 10.9 Å². The molecule has 0 bridgehead atoms. The maximum Gasteiger partial charge on any atom is 0.253 e. The van der Waals surface area contributed by atoms with Gasteiger partial charge in [-0.3, -0.25) is 4.79 Å². The fourth-order valence-corrected chi connectivity index (χ4v) is 2.39. The van der Waals surface area contributed by atoms with Gasteiger partial charge in [-0.25, -0.2) is 4.98 Å². The number of rotatable bonds is 3. The van der Waals surface area contributed by atoms with Crippen molar-refractivity contribution in [3.8, 4) is 0 Å². The normalized spacial score (nSPS) is 10.3. The molecule has 3 N–H and O–H groups in total. The van der Waals surface area contributed by atoms with Gasteiger partial charge in [0.2, 0.25) is 0 Å². The van der Waals surface area contributed by atoms with Crippen molar-refractivity contribution in [2.24, 2.45) is 0 Å². The summed E-state index contributed by atoms with van der Waals surface area (Å²) in [6.45, 7) is 2.37. The Labute approximate surface area is 114 Å². The fraction of sp³-hybridized carbons (Fsp3) is 0.167. The number of nitrogens with two attached hydrogens (primary N) is 1. The largest absolute Gasteiger partial charge is 0.398 e. The van der Waals surface area contributed by atoms with Gasteiger partial charge in [-0.05, 0) is 25.1 Å². The van der Waals surface area contributed by atoms with E-state index < -0.39 is 0 Å². The highest BCUT2D eigenvalue weighted by atomic mass is 35.5. The summed E-state index contributed by atoms with van der Waals surface area (Å²) in [4.78, 5) is 17.1. The van der Waals surface area contributed by atoms with Crippen molar-refractivity contribution >= 4 is 34.5 Å². The molecule has 4 nitrogen and oxygen atoms in total. The molecule has 0 aliphatic heterocycles. The van der Waals surface area contributed by atoms with Gasteiger partial charge in [0, 0.05) is 15.6 Å². The lowest BCUT2D eigenvalue weighted by molar-refractivity contribution is 0.0952. The summed E-state index contributed by atoms with van der Waals surface area (Å²) in [5, 5.41) is 3.33. The van der Waals surface area contributed by atoms with Gasteiger partial charge in [-0.15, -0.1) is 11.3 Å². The molecule has 1 aromatic carbocycles. The fourth-order valence-electron chi connectivity index (χ4n) is 1.49. The average molecular weight is 282 g/mol. The summed E-state index contributed by atoms with van der Waals surface area (Å²) in [5.41, 5.74) is 9.25. The highest BCUT2D eigenvalue weighted by molar-refractivity contribution is 7.09. The van der Waals surface area contributed by atoms with E-state index in [1.807, 2.05) is 6.92 Å². The molecule has 0 atom stereocenters. The standard InChI is InChI=1S/C12H12ClN3OS/c1-7-11(18-6-16-7)5-15-12(17)9-3-2-8(13)4-10(9)14/h2-4,6H,5,14H2,1H3,(H,15,17). The number of carbonyl (C=O) groups excluding carboxylic acids is 1. The zero-order valence-corrected chi connectivity index (χ0v) is 11.3. The van der Waals surface area contributed by atoms with Crippen molar-refractivity contribution in [1.82, 2.24) is 10.3 Å². The number of hydrogen-bond acceptors (Lipinski definition) is 4. The van der Waals surface area contributed by atoms with E-state index in [4.69, 9.17) is 17.3 Å². The number of carbonyl (C=O) groups is 1. The minimum Gasteiger partial charge on any atom is -0.398 e. The number of benzene rings is 1. The van der Waals surface area contributed by atoms with Gasteiger partial charge in [-0.2, -0.15) is 0 Å². The van der Waals surface area contributed by atoms with E-state index in [-0.39, 0.29) is 5.91 Å². The number of hydrogen-bond donors (Lipinski definition) is 2. The third-order valence-electron chi connectivity index (χ3n) is 2.51. The Morgan fingerprint density at radius 1 is 1.56 bits per heavy atom. The molecule has 0 aliphatic rings. The Morgan fingerprint density at radius 2 is 2.33 bits per heavy atom. The second-order valence-electron chi connectivity index (χ2n) is 3.78. The summed E-state index contributed by atoms with van der Waals surface area (Å²) in [6.07, 6.45) is 0. The first-order chi connectivity index (χ1) is 8.58. The number of nitrogens with one attached hydrogen (secondary N) is 1. The van der Waals surface area contributed by atoms with E-state index in [0.29, 0.717) is 22.8 Å². The van der Waals surface area contributed by atoms with Crippen molar-refractivity contribution in [1.29, 1.82) is 0 Å². The molecule has 0 unspecified atom stereocenters. The third-order valence-corrected chi connectivity index (χ3v) is 3.68. The SMILES string of the molecule is Cc1ncsc1CNC(=O)c1ccc(Cl)cc1N. The first-order valence-corrected chi connectivity index (χ1v) is 6.56. The van der Waals surface area contributed by atoms with Gasteiger partial charge < -0.3 is 11.1 Å². The number of halogens is 1. The Balaban J connectivity index is 2.06. The minimum atomic E-state index is -0.211. The molecule has 1 amide bonds. The monoisotopic (exact) mass is 281 g/mol. The molecule has 0 spiro atoms. The van der Waals surface area contributed by atoms with Crippen LogP contribution in [0.1, 0.15) is 20.9 Å². The van der Waals surface area contributed by atoms with Crippen LogP contribution in [-0.2, 0) is 6.54 Å². The van der Waals surface area contributed by atoms with Gasteiger partial charge >= 0.3 is 0 Å². The van der Waals surface area contributed by atoms with E-state index in [2.05, 4.69) is 10.3 Å². The molecule has 0 fully saturated rings. The molecule has 1 aromatic heterocycles. The van der Waals surface area contributed by atoms with E-state index in [9.17, 15) is 4.79 Å². The number of nitrogens with zero attached hydrogens (tertiary/aromatic N) is 1. The molecule has 0 aliphatic carbocycles. The molecule has 0 saturated heterocycles. The smallest absolute Gasteiger partial charge is 0.253 e. The lowest BCUT2D eigenvalue weighted by Gasteiger charge is -2.07. The van der Waals surface area contributed by atoms with Crippen LogP contribution in [0.3, 0.4) is 0 Å². The summed E-state index contributed by atoms with van der Waals surface area (Å²) in [6, 6.07) is 4.83. The van der Waals surface area contributed by atoms with Crippen LogP contribution in [0.25, 0.3) is 0 Å². The molecule has 94 valence electrons. The van der Waals surface area contributed by atoms with Crippen molar-refractivity contribution in [3.05, 3.63) is 44.9 Å². The summed E-state index contributed by atoms with van der Waals surface area (Å²) >= 11 is 7.30. The zero-order chi connectivity index (χ0) is 13.1. The highest BCUT2D eigenvalue weighted by Gasteiger charge is 2.10. The second-order valence-corrected chi connectivity index (χ2v) is 5.15. The predicted octanol–water partition coefficient (Wildman–Crippen LogP) is 2.62. The number of nitrogen functional groups attached to an aromatic ring is 1. The maximum atomic E-state index is 11.9. The van der Waals surface area contributed by atoms with Gasteiger partial charge in [0.1, 0.15) is 0 Å². The third kappa shape index (κ3) is 2.80. The van der Waals surface area contributed by atoms with Gasteiger partial charge in [0.25, 0.3) is 5.91 Å². The lowest BCUT2D eigenvalue weighted by Crippen LogP contribution is -2.23. The van der Waals surface area contributed by atoms with Crippen LogP contribution in [0.2, 0.25) is 5.02 Å². The van der Waals surface area contributed by atoms with Gasteiger partial charge in [0.05, 0.1) is 23.3 Å². The van der Waals surface area contributed by atoms with Crippen molar-refractivity contribution in [2.75, 3.05) is 5.73 Å². The number of aromatic nitrogens is 1. The van der Waals surface area contributed by atoms with Crippen LogP contribution in [0.15, 0.2) is 23.7 Å². The summed E-state index contributed by atoms with van der Waals surface area (Å²) in [7, 11) is 0. The number of aryl methyl sites for hydroxylation is 1. The summed E-state index contributed by atoms with van der Waals surface area (Å²) in [5.74, 6) is -0.211. The molecule has 2 aromatic rings. The van der Waals surface area contributed by atoms with Crippen LogP contribution >= 0.6 is 22.9 Å². The van der Waals surface area contributed by atoms with E-state index >= 15 is 0 Å². The number of anilines is 1. The first-order valence-electron chi connectivity index (χ1n) is 5.30. The zero-order valence-electron chi connectivity index (χ0n) is 9.74. The minimum absolute atomic E-state index is 0.211. The molecule has 1 heterocycles. The van der Waals surface area contributed by atoms with Crippen molar-refractivity contribution < 1.29 is 4.79 Å². The number of amides is 1. The van der Waals surface area contributed by atoms with Gasteiger partial charge in [-0.1, -0.05) is 11.6 Å². The molecular weight excluding hydrogens is 270 g/mol. The Kier molecular flexibility index (Phi) is 3.84. The van der Waals surface area contributed by atoms with Crippen molar-refractivity contribution in [3.63, 3.8) is 0 Å². The van der Waals surface area contributed by atoms with Crippen molar-refractivity contribution in [2.45, 2.75) is 13.5 Å². The van der Waals surface area contributed by atoms with Crippen LogP contribution in [0.5, 0.6) is 0 Å². The van der Waals surface area contributed by atoms with Crippen LogP contribution in [0, 0.1) is 6.92 Å². The van der Waals surface area contributed by atoms with E-state index in [1.54, 1.807) is 23.7 Å². The predicted molar refractivity (Wildman–Crippen MR) is 73.9 cm³/mol. The quantitative estimate of drug-likeness (QED) is 0.850. The number of thiazole rings is 1. The lowest BCUT2D eigenvalue weighted by atomic mass is 10.1. The van der Waals surface area contributed by atoms with Crippen LogP contribution in [0.4, 0.5) is 5.69 Å². The molecule has 18 heavy (non-hydrogen) atoms.